The normalized spacial score (nSPS) is 11.8. The van der Waals surface area contributed by atoms with Crippen LogP contribution in [0.25, 0.3) is 10.9 Å². The lowest BCUT2D eigenvalue weighted by Gasteiger charge is -2.08. The summed E-state index contributed by atoms with van der Waals surface area (Å²) >= 11 is 6.07. The fourth-order valence-electron chi connectivity index (χ4n) is 2.99. The van der Waals surface area contributed by atoms with E-state index < -0.39 is 23.5 Å². The highest BCUT2D eigenvalue weighted by Gasteiger charge is 2.31. The van der Waals surface area contributed by atoms with Crippen molar-refractivity contribution < 1.29 is 27.1 Å². The summed E-state index contributed by atoms with van der Waals surface area (Å²) in [5, 5.41) is 4.87. The zero-order valence-electron chi connectivity index (χ0n) is 15.4. The highest BCUT2D eigenvalue weighted by molar-refractivity contribution is 6.31. The van der Waals surface area contributed by atoms with Gasteiger partial charge in [-0.1, -0.05) is 17.7 Å². The van der Waals surface area contributed by atoms with Crippen LogP contribution in [0.4, 0.5) is 17.6 Å². The number of alkyl halides is 3. The molecule has 2 aromatic carbocycles. The second kappa shape index (κ2) is 8.41. The largest absolute Gasteiger partial charge is 0.466 e. The third kappa shape index (κ3) is 4.87. The van der Waals surface area contributed by atoms with E-state index in [0.717, 1.165) is 18.2 Å². The summed E-state index contributed by atoms with van der Waals surface area (Å²) in [5.74, 6) is -0.947. The minimum Gasteiger partial charge on any atom is -0.466 e. The van der Waals surface area contributed by atoms with Crippen LogP contribution in [0.5, 0.6) is 0 Å². The predicted octanol–water partition coefficient (Wildman–Crippen LogP) is 5.39. The number of carbonyl (C=O) groups is 1. The third-order valence-corrected chi connectivity index (χ3v) is 4.71. The van der Waals surface area contributed by atoms with E-state index in [2.05, 4.69) is 5.10 Å². The summed E-state index contributed by atoms with van der Waals surface area (Å²) in [6.45, 7) is 2.03. The monoisotopic (exact) mass is 428 g/mol. The van der Waals surface area contributed by atoms with Gasteiger partial charge in [0.05, 0.1) is 36.3 Å². The molecule has 0 N–H and O–H groups in total. The number of halogens is 5. The molecular weight excluding hydrogens is 412 g/mol. The van der Waals surface area contributed by atoms with Crippen LogP contribution in [-0.2, 0) is 28.7 Å². The zero-order valence-corrected chi connectivity index (χ0v) is 16.1. The quantitative estimate of drug-likeness (QED) is 0.390. The van der Waals surface area contributed by atoms with Gasteiger partial charge in [-0.25, -0.2) is 4.39 Å². The van der Waals surface area contributed by atoms with E-state index in [9.17, 15) is 22.4 Å². The molecule has 1 heterocycles. The number of rotatable bonds is 6. The fourth-order valence-corrected chi connectivity index (χ4v) is 3.22. The highest BCUT2D eigenvalue weighted by atomic mass is 35.5. The highest BCUT2D eigenvalue weighted by Crippen LogP contribution is 2.33. The number of carbonyl (C=O) groups excluding carboxylic acids is 1. The second-order valence-electron chi connectivity index (χ2n) is 6.37. The summed E-state index contributed by atoms with van der Waals surface area (Å²) in [7, 11) is 0. The molecule has 3 aromatic rings. The van der Waals surface area contributed by atoms with Crippen LogP contribution in [0, 0.1) is 5.82 Å². The smallest absolute Gasteiger partial charge is 0.416 e. The number of hydrogen-bond acceptors (Lipinski definition) is 3. The molecule has 0 aliphatic carbocycles. The van der Waals surface area contributed by atoms with Crippen molar-refractivity contribution in [3.8, 4) is 0 Å². The third-order valence-electron chi connectivity index (χ3n) is 4.36. The molecule has 4 nitrogen and oxygen atoms in total. The molecule has 0 aliphatic rings. The summed E-state index contributed by atoms with van der Waals surface area (Å²) in [4.78, 5) is 11.7. The SMILES string of the molecule is CCOC(=O)CCc1nn(Cc2ccc(F)cc2Cl)c2ccc(C(F)(F)F)cc12. The number of esters is 1. The Morgan fingerprint density at radius 1 is 1.21 bits per heavy atom. The van der Waals surface area contributed by atoms with Crippen molar-refractivity contribution in [1.82, 2.24) is 9.78 Å². The van der Waals surface area contributed by atoms with Gasteiger partial charge in [-0.15, -0.1) is 0 Å². The van der Waals surface area contributed by atoms with Crippen molar-refractivity contribution >= 4 is 28.5 Å². The van der Waals surface area contributed by atoms with Crippen LogP contribution in [-0.4, -0.2) is 22.4 Å². The molecule has 9 heteroatoms. The van der Waals surface area contributed by atoms with E-state index in [-0.39, 0.29) is 31.0 Å². The molecule has 3 rings (SSSR count). The van der Waals surface area contributed by atoms with Crippen LogP contribution in [0.3, 0.4) is 0 Å². The first-order valence-corrected chi connectivity index (χ1v) is 9.23. The van der Waals surface area contributed by atoms with Crippen LogP contribution in [0.15, 0.2) is 36.4 Å². The van der Waals surface area contributed by atoms with Gasteiger partial charge in [0.15, 0.2) is 0 Å². The van der Waals surface area contributed by atoms with Gasteiger partial charge in [-0.2, -0.15) is 18.3 Å². The molecule has 0 amide bonds. The molecule has 0 unspecified atom stereocenters. The molecule has 0 radical (unpaired) electrons. The molecule has 0 atom stereocenters. The van der Waals surface area contributed by atoms with Crippen molar-refractivity contribution in [3.63, 3.8) is 0 Å². The zero-order chi connectivity index (χ0) is 21.2. The first-order valence-electron chi connectivity index (χ1n) is 8.85. The van der Waals surface area contributed by atoms with E-state index in [1.807, 2.05) is 0 Å². The Hall–Kier alpha value is -2.61. The molecular formula is C20H17ClF4N2O2. The fraction of sp³-hybridized carbons (Fsp3) is 0.300. The molecule has 154 valence electrons. The number of aromatic nitrogens is 2. The van der Waals surface area contributed by atoms with Gasteiger partial charge < -0.3 is 4.74 Å². The van der Waals surface area contributed by atoms with Crippen molar-refractivity contribution in [2.45, 2.75) is 32.5 Å². The summed E-state index contributed by atoms with van der Waals surface area (Å²) in [6.07, 6.45) is -4.39. The average Bonchev–Trinajstić information content (AvgIpc) is 2.99. The van der Waals surface area contributed by atoms with Crippen molar-refractivity contribution in [1.29, 1.82) is 0 Å². The molecule has 0 saturated carbocycles. The summed E-state index contributed by atoms with van der Waals surface area (Å²) in [5.41, 5.74) is 0.561. The van der Waals surface area contributed by atoms with Crippen LogP contribution in [0.1, 0.15) is 30.2 Å². The average molecular weight is 429 g/mol. The Morgan fingerprint density at radius 3 is 2.62 bits per heavy atom. The van der Waals surface area contributed by atoms with Gasteiger partial charge in [0.1, 0.15) is 5.82 Å². The van der Waals surface area contributed by atoms with Crippen molar-refractivity contribution in [2.24, 2.45) is 0 Å². The van der Waals surface area contributed by atoms with Gasteiger partial charge in [0.25, 0.3) is 0 Å². The first kappa shape index (κ1) is 21.1. The molecule has 1 aromatic heterocycles. The Kier molecular flexibility index (Phi) is 6.12. The predicted molar refractivity (Wildman–Crippen MR) is 100 cm³/mol. The van der Waals surface area contributed by atoms with E-state index in [1.54, 1.807) is 6.92 Å². The molecule has 29 heavy (non-hydrogen) atoms. The number of aryl methyl sites for hydroxylation is 1. The number of ether oxygens (including phenoxy) is 1. The van der Waals surface area contributed by atoms with E-state index in [4.69, 9.17) is 16.3 Å². The summed E-state index contributed by atoms with van der Waals surface area (Å²) in [6, 6.07) is 7.22. The molecule has 0 fully saturated rings. The molecule has 0 spiro atoms. The minimum atomic E-state index is -4.50. The van der Waals surface area contributed by atoms with Gasteiger partial charge in [-0.3, -0.25) is 9.48 Å². The van der Waals surface area contributed by atoms with Gasteiger partial charge in [0.2, 0.25) is 0 Å². The van der Waals surface area contributed by atoms with E-state index >= 15 is 0 Å². The second-order valence-corrected chi connectivity index (χ2v) is 6.78. The Labute approximate surface area is 169 Å². The molecule has 0 saturated heterocycles. The van der Waals surface area contributed by atoms with Crippen LogP contribution in [0.2, 0.25) is 5.02 Å². The lowest BCUT2D eigenvalue weighted by Crippen LogP contribution is -2.06. The van der Waals surface area contributed by atoms with Crippen molar-refractivity contribution in [3.05, 3.63) is 64.1 Å². The molecule has 0 bridgehead atoms. The number of nitrogens with zero attached hydrogens (tertiary/aromatic N) is 2. The topological polar surface area (TPSA) is 44.1 Å². The first-order chi connectivity index (χ1) is 13.7. The van der Waals surface area contributed by atoms with Gasteiger partial charge in [0, 0.05) is 16.8 Å². The van der Waals surface area contributed by atoms with Crippen molar-refractivity contribution in [2.75, 3.05) is 6.61 Å². The Balaban J connectivity index is 2.01. The summed E-state index contributed by atoms with van der Waals surface area (Å²) < 4.78 is 59.1. The van der Waals surface area contributed by atoms with E-state index in [1.165, 1.54) is 22.9 Å². The lowest BCUT2D eigenvalue weighted by atomic mass is 10.1. The Bertz CT molecular complexity index is 1050. The maximum Gasteiger partial charge on any atom is 0.416 e. The Morgan fingerprint density at radius 2 is 1.97 bits per heavy atom. The maximum atomic E-state index is 13.3. The number of hydrogen-bond donors (Lipinski definition) is 0. The van der Waals surface area contributed by atoms with Gasteiger partial charge >= 0.3 is 12.1 Å². The number of benzene rings is 2. The van der Waals surface area contributed by atoms with E-state index in [0.29, 0.717) is 22.2 Å². The van der Waals surface area contributed by atoms with Gasteiger partial charge in [-0.05, 0) is 42.8 Å². The standard InChI is InChI=1S/C20H17ClF4N2O2/c1-2-29-19(28)8-6-17-15-9-13(20(23,24)25)4-7-18(15)27(26-17)11-12-3-5-14(22)10-16(12)21/h3-5,7,9-10H,2,6,8,11H2,1H3. The lowest BCUT2D eigenvalue weighted by molar-refractivity contribution is -0.143. The molecule has 0 aliphatic heterocycles. The number of fused-ring (bicyclic) bond motifs is 1. The van der Waals surface area contributed by atoms with Crippen LogP contribution < -0.4 is 0 Å². The maximum absolute atomic E-state index is 13.3. The minimum absolute atomic E-state index is 0.00645. The van der Waals surface area contributed by atoms with Crippen LogP contribution >= 0.6 is 11.6 Å².